The first-order valence-corrected chi connectivity index (χ1v) is 34.8. The summed E-state index contributed by atoms with van der Waals surface area (Å²) >= 11 is 4.85. The molecule has 4 saturated heterocycles. The molecule has 2 bridgehead atoms. The van der Waals surface area contributed by atoms with Gasteiger partial charge in [0, 0.05) is 66.9 Å². The minimum Gasteiger partial charge on any atom is -0.492 e. The molecule has 2 amide bonds. The molecule has 1 aromatic carbocycles. The molecule has 0 aromatic heterocycles. The van der Waals surface area contributed by atoms with Gasteiger partial charge in [-0.2, -0.15) is 5.48 Å². The maximum absolute atomic E-state index is 14.5. The number of aliphatic hydroxyl groups is 4. The van der Waals surface area contributed by atoms with Crippen LogP contribution in [0.5, 0.6) is 17.2 Å². The second kappa shape index (κ2) is 32.8. The molecule has 2 aliphatic carbocycles. The van der Waals surface area contributed by atoms with Gasteiger partial charge in [0.05, 0.1) is 97.0 Å². The molecule has 87 heavy (non-hydrogen) atoms. The number of amides is 2. The van der Waals surface area contributed by atoms with Crippen LogP contribution in [-0.4, -0.2) is 218 Å². The number of fused-ring (bicyclic) bond motifs is 2. The number of hydrogen-bond acceptors (Lipinski definition) is 26. The van der Waals surface area contributed by atoms with E-state index in [1.165, 1.54) is 71.8 Å². The van der Waals surface area contributed by atoms with Crippen LogP contribution < -0.4 is 25.0 Å². The van der Waals surface area contributed by atoms with E-state index in [-0.39, 0.29) is 65.0 Å². The number of thioether (sulfide) groups is 1. The molecule has 6 N–H and O–H groups in total. The van der Waals surface area contributed by atoms with Crippen molar-refractivity contribution in [1.82, 2.24) is 15.7 Å². The summed E-state index contributed by atoms with van der Waals surface area (Å²) in [7, 11) is 11.3. The topological polar surface area (TPSA) is 296 Å². The lowest BCUT2D eigenvalue weighted by Gasteiger charge is -2.48. The van der Waals surface area contributed by atoms with Crippen LogP contribution in [0.15, 0.2) is 35.1 Å². The van der Waals surface area contributed by atoms with Gasteiger partial charge in [-0.3, -0.25) is 24.5 Å². The average molecular weight is 1520 g/mol. The summed E-state index contributed by atoms with van der Waals surface area (Å²) in [5.41, 5.74) is 1.24. The standard InChI is InChI=1S/C57H75I2N3O21S4/c1-13-62(30(6)63)32-25-76-37(23-36(32)71-7)81-47-26(2)43(27(3)78-55(47)80-35-18-16-14-15-17-20-57(70)24-34(65)44(60-56(69)75-11)39(35)31(57)19-21-85-87-84-12)61-83-38-22-33(64)52(29(5)77-38)86-53(68)40-41(58)42(59)49(51(74-10)48(40)72-8)82-54-46(67)50(73-9)45(66)28(4)79-54/h14-15,19,26-29,32-33,35-38,43,45-47,50,52,54-55,61,64,66-67,70H,13,21-25H2,1-12H3,(H,60,69)/b15-14-,31-19+/t26-,27+,28-,29+,32-,33-,35-,36-,37-,38-,43-,45-,46+,47+,50+,52+,54-,55-,57-/m0/s1. The fourth-order valence-corrected chi connectivity index (χ4v) is 16.2. The number of Topliss-reactive ketones (excluding diaryl/α,β-unsaturated/α-hetero) is 1. The quantitative estimate of drug-likeness (QED) is 0.0292. The zero-order chi connectivity index (χ0) is 63.6. The first-order valence-electron chi connectivity index (χ1n) is 27.8. The lowest BCUT2D eigenvalue weighted by molar-refractivity contribution is -0.328. The molecule has 4 aliphatic heterocycles. The summed E-state index contributed by atoms with van der Waals surface area (Å²) < 4.78 is 74.0. The van der Waals surface area contributed by atoms with Crippen LogP contribution in [-0.2, 0) is 57.1 Å². The van der Waals surface area contributed by atoms with Gasteiger partial charge in [0.2, 0.25) is 23.1 Å². The van der Waals surface area contributed by atoms with Gasteiger partial charge in [-0.05, 0) is 101 Å². The van der Waals surface area contributed by atoms with Crippen molar-refractivity contribution in [2.24, 2.45) is 5.92 Å². The van der Waals surface area contributed by atoms with E-state index in [1.807, 2.05) is 65.3 Å². The largest absolute Gasteiger partial charge is 0.492 e. The van der Waals surface area contributed by atoms with Crippen LogP contribution in [0.1, 0.15) is 71.2 Å². The highest BCUT2D eigenvalue weighted by Crippen LogP contribution is 2.50. The van der Waals surface area contributed by atoms with E-state index >= 15 is 0 Å². The SMILES string of the molecule is CCN(C(C)=O)[C@H]1CO[C@@H](O[C@H]2[C@H](O[C@H]3C#C/C=C\C#C[C@]4(O)CC(=O)C(NC(=O)OC)=C3/C4=C\CSSSC)O[C@H](C)[C@@H](NO[C@H]3C[C@H](O)[C@H](SC(=O)c4c(I)c(I)c(O[C@@H]5O[C@@H](C)[C@H](O)[C@@H](OC)[C@H]5O)c(OC)c4OC)[C@@H](C)O3)[C@@H]2C)C[C@@H]1OC. The van der Waals surface area contributed by atoms with Crippen LogP contribution in [0.25, 0.3) is 0 Å². The Hall–Kier alpha value is -2.66. The smallest absolute Gasteiger partial charge is 0.411 e. The zero-order valence-electron chi connectivity index (χ0n) is 49.9. The number of rotatable bonds is 22. The zero-order valence-corrected chi connectivity index (χ0v) is 57.5. The minimum absolute atomic E-state index is 0.0313. The average Bonchev–Trinajstić information content (AvgIpc) is 1.63. The van der Waals surface area contributed by atoms with Gasteiger partial charge in [0.25, 0.3) is 0 Å². The molecule has 4 fully saturated rings. The van der Waals surface area contributed by atoms with Crippen LogP contribution in [0.4, 0.5) is 4.79 Å². The molecule has 19 atom stereocenters. The van der Waals surface area contributed by atoms with Crippen LogP contribution in [0, 0.1) is 36.7 Å². The number of allylic oxidation sites excluding steroid dienone is 3. The second-order valence-corrected chi connectivity index (χ2v) is 28.5. The van der Waals surface area contributed by atoms with Gasteiger partial charge in [0.15, 0.2) is 41.8 Å². The third-order valence-corrected chi connectivity index (χ3v) is 23.8. The first-order chi connectivity index (χ1) is 41.5. The Labute approximate surface area is 549 Å². The lowest BCUT2D eigenvalue weighted by Crippen LogP contribution is -2.62. The number of hydrogen-bond donors (Lipinski definition) is 6. The summed E-state index contributed by atoms with van der Waals surface area (Å²) in [6.45, 7) is 10.8. The van der Waals surface area contributed by atoms with Crippen LogP contribution in [0.3, 0.4) is 0 Å². The summed E-state index contributed by atoms with van der Waals surface area (Å²) in [6.07, 6.45) is -9.29. The maximum Gasteiger partial charge on any atom is 0.411 e. The van der Waals surface area contributed by atoms with Gasteiger partial charge in [-0.1, -0.05) is 70.0 Å². The number of carbonyl (C=O) groups is 4. The third-order valence-electron chi connectivity index (χ3n) is 15.5. The molecule has 0 spiro atoms. The van der Waals surface area contributed by atoms with E-state index in [2.05, 4.69) is 34.5 Å². The molecule has 0 saturated carbocycles. The van der Waals surface area contributed by atoms with Crippen molar-refractivity contribution in [3.8, 4) is 40.9 Å². The number of ether oxygens (including phenoxy) is 12. The normalized spacial score (nSPS) is 35.0. The molecule has 24 nitrogen and oxygen atoms in total. The lowest BCUT2D eigenvalue weighted by atomic mass is 9.75. The van der Waals surface area contributed by atoms with Gasteiger partial charge >= 0.3 is 6.09 Å². The Kier molecular flexibility index (Phi) is 27.0. The Balaban J connectivity index is 1.14. The fraction of sp³-hybridized carbons (Fsp3) is 0.649. The van der Waals surface area contributed by atoms with E-state index in [0.29, 0.717) is 19.4 Å². The molecular formula is C57H75I2N3O21S4. The van der Waals surface area contributed by atoms with Crippen molar-refractivity contribution < 1.29 is 101 Å². The summed E-state index contributed by atoms with van der Waals surface area (Å²) in [5, 5.41) is 47.1. The Morgan fingerprint density at radius 3 is 2.23 bits per heavy atom. The molecule has 7 rings (SSSR count). The van der Waals surface area contributed by atoms with Crippen LogP contribution >= 0.6 is 88.4 Å². The summed E-state index contributed by atoms with van der Waals surface area (Å²) in [6, 6.07) is -1.12. The van der Waals surface area contributed by atoms with E-state index < -0.39 is 138 Å². The predicted octanol–water partition coefficient (Wildman–Crippen LogP) is 5.03. The number of hydroxylamine groups is 1. The van der Waals surface area contributed by atoms with Crippen molar-refractivity contribution >= 4 is 111 Å². The number of nitrogens with zero attached hydrogens (tertiary/aromatic N) is 1. The third kappa shape index (κ3) is 16.6. The van der Waals surface area contributed by atoms with Gasteiger partial charge < -0.3 is 82.2 Å². The molecule has 6 aliphatic rings. The first kappa shape index (κ1) is 71.8. The van der Waals surface area contributed by atoms with Gasteiger partial charge in [-0.25, -0.2) is 4.79 Å². The van der Waals surface area contributed by atoms with Crippen molar-refractivity contribution in [2.75, 3.05) is 60.7 Å². The summed E-state index contributed by atoms with van der Waals surface area (Å²) in [4.78, 5) is 62.3. The Morgan fingerprint density at radius 2 is 1.59 bits per heavy atom. The number of carbonyl (C=O) groups excluding carboxylic acids is 4. The predicted molar refractivity (Wildman–Crippen MR) is 340 cm³/mol. The molecule has 0 radical (unpaired) electrons. The number of nitrogens with one attached hydrogen (secondary N) is 2. The van der Waals surface area contributed by atoms with Gasteiger partial charge in [0.1, 0.15) is 30.5 Å². The fourth-order valence-electron chi connectivity index (χ4n) is 11.1. The second-order valence-electron chi connectivity index (χ2n) is 20.8. The molecule has 30 heteroatoms. The molecule has 1 aromatic rings. The van der Waals surface area contributed by atoms with Crippen molar-refractivity contribution in [3.63, 3.8) is 0 Å². The highest BCUT2D eigenvalue weighted by molar-refractivity contribution is 14.1. The number of methoxy groups -OCH3 is 5. The molecule has 0 unspecified atom stereocenters. The maximum atomic E-state index is 14.5. The molecular weight excluding hydrogens is 1440 g/mol. The van der Waals surface area contributed by atoms with Gasteiger partial charge in [-0.15, -0.1) is 0 Å². The summed E-state index contributed by atoms with van der Waals surface area (Å²) in [5.74, 6) is 10.8. The van der Waals surface area contributed by atoms with Crippen molar-refractivity contribution in [2.45, 2.75) is 170 Å². The number of likely N-dealkylation sites (N-methyl/N-ethyl adjacent to an activating group) is 1. The number of halogens is 2. The van der Waals surface area contributed by atoms with E-state index in [4.69, 9.17) is 61.7 Å². The van der Waals surface area contributed by atoms with Crippen molar-refractivity contribution in [3.05, 3.63) is 47.8 Å². The highest BCUT2D eigenvalue weighted by Gasteiger charge is 2.52. The Morgan fingerprint density at radius 1 is 0.874 bits per heavy atom. The monoisotopic (exact) mass is 1520 g/mol. The van der Waals surface area contributed by atoms with Crippen molar-refractivity contribution in [1.29, 1.82) is 0 Å². The Bertz CT molecular complexity index is 2860. The van der Waals surface area contributed by atoms with E-state index in [1.54, 1.807) is 38.9 Å². The number of aliphatic hydroxyl groups excluding tert-OH is 3. The van der Waals surface area contributed by atoms with E-state index in [9.17, 15) is 39.6 Å². The van der Waals surface area contributed by atoms with Crippen LogP contribution in [0.2, 0.25) is 0 Å². The number of ketones is 1. The van der Waals surface area contributed by atoms with E-state index in [0.717, 1.165) is 18.9 Å². The number of alkyl carbamates (subject to hydrolysis) is 1. The number of benzene rings is 1. The highest BCUT2D eigenvalue weighted by atomic mass is 127. The molecule has 482 valence electrons. The molecule has 4 heterocycles. The minimum atomic E-state index is -2.03.